The van der Waals surface area contributed by atoms with Crippen LogP contribution < -0.4 is 10.7 Å². The molecule has 0 spiro atoms. The van der Waals surface area contributed by atoms with Gasteiger partial charge in [-0.25, -0.2) is 4.79 Å². The monoisotopic (exact) mass is 251 g/mol. The molecule has 0 fully saturated rings. The third-order valence-corrected chi connectivity index (χ3v) is 2.13. The maximum Gasteiger partial charge on any atom is 0.336 e. The van der Waals surface area contributed by atoms with Crippen molar-refractivity contribution in [3.05, 3.63) is 35.4 Å². The Labute approximate surface area is 105 Å². The van der Waals surface area contributed by atoms with Crippen LogP contribution in [0.3, 0.4) is 0 Å². The highest BCUT2D eigenvalue weighted by molar-refractivity contribution is 7.80. The summed E-state index contributed by atoms with van der Waals surface area (Å²) in [5, 5.41) is 16.1. The molecule has 17 heavy (non-hydrogen) atoms. The molecule has 1 aromatic carbocycles. The number of rotatable bonds is 4. The van der Waals surface area contributed by atoms with E-state index in [1.165, 1.54) is 12.3 Å². The molecule has 0 saturated heterocycles. The predicted molar refractivity (Wildman–Crippen MR) is 70.4 cm³/mol. The highest BCUT2D eigenvalue weighted by Gasteiger charge is 2.06. The van der Waals surface area contributed by atoms with Crippen LogP contribution in [0.4, 0.5) is 0 Å². The van der Waals surface area contributed by atoms with E-state index in [0.717, 1.165) is 0 Å². The lowest BCUT2D eigenvalue weighted by atomic mass is 10.1. The first-order chi connectivity index (χ1) is 8.15. The Bertz CT molecular complexity index is 446. The summed E-state index contributed by atoms with van der Waals surface area (Å²) in [5.41, 5.74) is 3.32. The summed E-state index contributed by atoms with van der Waals surface area (Å²) < 4.78 is 0. The zero-order chi connectivity index (χ0) is 12.7. The van der Waals surface area contributed by atoms with Crippen LogP contribution in [0.5, 0.6) is 0 Å². The zero-order valence-electron chi connectivity index (χ0n) is 9.30. The van der Waals surface area contributed by atoms with E-state index in [0.29, 0.717) is 17.2 Å². The van der Waals surface area contributed by atoms with Crippen molar-refractivity contribution >= 4 is 29.5 Å². The number of hydrogen-bond acceptors (Lipinski definition) is 3. The van der Waals surface area contributed by atoms with Crippen molar-refractivity contribution in [3.8, 4) is 0 Å². The van der Waals surface area contributed by atoms with Gasteiger partial charge in [-0.05, 0) is 25.2 Å². The molecule has 6 heteroatoms. The van der Waals surface area contributed by atoms with Crippen molar-refractivity contribution in [2.45, 2.75) is 6.92 Å². The molecule has 0 aromatic heterocycles. The van der Waals surface area contributed by atoms with Crippen molar-refractivity contribution in [2.75, 3.05) is 6.54 Å². The Hall–Kier alpha value is -1.95. The molecule has 0 aliphatic carbocycles. The third-order valence-electron chi connectivity index (χ3n) is 1.90. The number of nitrogens with one attached hydrogen (secondary N) is 2. The van der Waals surface area contributed by atoms with E-state index in [-0.39, 0.29) is 5.56 Å². The van der Waals surface area contributed by atoms with Gasteiger partial charge >= 0.3 is 5.97 Å². The lowest BCUT2D eigenvalue weighted by molar-refractivity contribution is 0.0697. The van der Waals surface area contributed by atoms with Gasteiger partial charge in [0.15, 0.2) is 5.11 Å². The van der Waals surface area contributed by atoms with Crippen molar-refractivity contribution in [1.82, 2.24) is 10.7 Å². The summed E-state index contributed by atoms with van der Waals surface area (Å²) in [6.45, 7) is 2.62. The standard InChI is InChI=1S/C11H13N3O2S/c1-2-12-11(17)14-13-7-8-5-3-4-6-9(8)10(15)16/h3-7H,2H2,1H3,(H,15,16)(H2,12,14,17)/b13-7-. The number of benzene rings is 1. The Kier molecular flexibility index (Phi) is 5.09. The molecule has 90 valence electrons. The molecular formula is C11H13N3O2S. The Morgan fingerprint density at radius 2 is 2.24 bits per heavy atom. The average Bonchev–Trinajstić information content (AvgIpc) is 2.30. The maximum absolute atomic E-state index is 10.9. The van der Waals surface area contributed by atoms with Gasteiger partial charge in [0.25, 0.3) is 0 Å². The van der Waals surface area contributed by atoms with E-state index in [1.54, 1.807) is 18.2 Å². The largest absolute Gasteiger partial charge is 0.478 e. The van der Waals surface area contributed by atoms with Crippen LogP contribution in [0.2, 0.25) is 0 Å². The van der Waals surface area contributed by atoms with Crippen LogP contribution in [-0.2, 0) is 0 Å². The van der Waals surface area contributed by atoms with Crippen molar-refractivity contribution in [2.24, 2.45) is 5.10 Å². The number of carbonyl (C=O) groups is 1. The molecule has 0 bridgehead atoms. The van der Waals surface area contributed by atoms with Crippen LogP contribution >= 0.6 is 12.2 Å². The summed E-state index contributed by atoms with van der Waals surface area (Å²) in [6.07, 6.45) is 1.42. The third kappa shape index (κ3) is 4.20. The van der Waals surface area contributed by atoms with Crippen LogP contribution in [0.15, 0.2) is 29.4 Å². The molecule has 0 aliphatic heterocycles. The molecule has 0 saturated carbocycles. The van der Waals surface area contributed by atoms with E-state index in [2.05, 4.69) is 15.8 Å². The van der Waals surface area contributed by atoms with Gasteiger partial charge in [-0.15, -0.1) is 0 Å². The molecule has 0 aliphatic rings. The molecule has 5 nitrogen and oxygen atoms in total. The number of carboxylic acids is 1. The fourth-order valence-electron chi connectivity index (χ4n) is 1.16. The molecule has 0 amide bonds. The molecule has 3 N–H and O–H groups in total. The lowest BCUT2D eigenvalue weighted by Crippen LogP contribution is -2.31. The van der Waals surface area contributed by atoms with Crippen molar-refractivity contribution in [1.29, 1.82) is 0 Å². The van der Waals surface area contributed by atoms with E-state index in [9.17, 15) is 4.79 Å². The molecule has 0 heterocycles. The van der Waals surface area contributed by atoms with E-state index < -0.39 is 5.97 Å². The van der Waals surface area contributed by atoms with Crippen LogP contribution in [0.25, 0.3) is 0 Å². The maximum atomic E-state index is 10.9. The Morgan fingerprint density at radius 3 is 2.88 bits per heavy atom. The second-order valence-electron chi connectivity index (χ2n) is 3.12. The second-order valence-corrected chi connectivity index (χ2v) is 3.53. The fraction of sp³-hybridized carbons (Fsp3) is 0.182. The van der Waals surface area contributed by atoms with E-state index in [1.807, 2.05) is 6.92 Å². The van der Waals surface area contributed by atoms with E-state index >= 15 is 0 Å². The molecule has 0 unspecified atom stereocenters. The van der Waals surface area contributed by atoms with Crippen LogP contribution in [-0.4, -0.2) is 28.9 Å². The molecule has 0 radical (unpaired) electrons. The van der Waals surface area contributed by atoms with Gasteiger partial charge in [0.1, 0.15) is 0 Å². The molecule has 1 aromatic rings. The zero-order valence-corrected chi connectivity index (χ0v) is 10.1. The highest BCUT2D eigenvalue weighted by Crippen LogP contribution is 2.05. The highest BCUT2D eigenvalue weighted by atomic mass is 32.1. The second kappa shape index (κ2) is 6.59. The first-order valence-electron chi connectivity index (χ1n) is 5.04. The van der Waals surface area contributed by atoms with Gasteiger partial charge in [-0.3, -0.25) is 5.43 Å². The minimum absolute atomic E-state index is 0.201. The van der Waals surface area contributed by atoms with E-state index in [4.69, 9.17) is 17.3 Å². The molecule has 1 rings (SSSR count). The minimum atomic E-state index is -0.985. The van der Waals surface area contributed by atoms with Crippen molar-refractivity contribution in [3.63, 3.8) is 0 Å². The van der Waals surface area contributed by atoms with Crippen LogP contribution in [0, 0.1) is 0 Å². The summed E-state index contributed by atoms with van der Waals surface area (Å²) in [5.74, 6) is -0.985. The number of thiocarbonyl (C=S) groups is 1. The van der Waals surface area contributed by atoms with Gasteiger partial charge in [0.05, 0.1) is 11.8 Å². The molecule has 0 atom stereocenters. The van der Waals surface area contributed by atoms with Gasteiger partial charge < -0.3 is 10.4 Å². The first kappa shape index (κ1) is 13.1. The summed E-state index contributed by atoms with van der Waals surface area (Å²) in [7, 11) is 0. The van der Waals surface area contributed by atoms with Gasteiger partial charge in [-0.1, -0.05) is 18.2 Å². The van der Waals surface area contributed by atoms with Gasteiger partial charge in [0, 0.05) is 12.1 Å². The van der Waals surface area contributed by atoms with Gasteiger partial charge in [0.2, 0.25) is 0 Å². The Balaban J connectivity index is 2.71. The quantitative estimate of drug-likeness (QED) is 0.426. The fourth-order valence-corrected chi connectivity index (χ4v) is 1.36. The summed E-state index contributed by atoms with van der Waals surface area (Å²) >= 11 is 4.90. The average molecular weight is 251 g/mol. The van der Waals surface area contributed by atoms with Gasteiger partial charge in [-0.2, -0.15) is 5.10 Å². The Morgan fingerprint density at radius 1 is 1.53 bits per heavy atom. The molecular weight excluding hydrogens is 238 g/mol. The number of hydrazone groups is 1. The number of nitrogens with zero attached hydrogens (tertiary/aromatic N) is 1. The minimum Gasteiger partial charge on any atom is -0.478 e. The predicted octanol–water partition coefficient (Wildman–Crippen LogP) is 1.20. The SMILES string of the molecule is CCNC(=S)N/N=C\c1ccccc1C(=O)O. The number of aromatic carboxylic acids is 1. The van der Waals surface area contributed by atoms with Crippen molar-refractivity contribution < 1.29 is 9.90 Å². The lowest BCUT2D eigenvalue weighted by Gasteiger charge is -2.03. The number of hydrogen-bond donors (Lipinski definition) is 3. The summed E-state index contributed by atoms with van der Waals surface area (Å²) in [6, 6.07) is 6.60. The van der Waals surface area contributed by atoms with Crippen LogP contribution in [0.1, 0.15) is 22.8 Å². The summed E-state index contributed by atoms with van der Waals surface area (Å²) in [4.78, 5) is 10.9. The topological polar surface area (TPSA) is 73.7 Å². The smallest absolute Gasteiger partial charge is 0.336 e. The normalized spacial score (nSPS) is 10.2. The first-order valence-corrected chi connectivity index (χ1v) is 5.45. The number of carboxylic acid groups (broad SMARTS) is 1.